The molecule has 3 rings (SSSR count). The van der Waals surface area contributed by atoms with Gasteiger partial charge in [0.1, 0.15) is 0 Å². The maximum Gasteiger partial charge on any atom is 0.0823 e. The Morgan fingerprint density at radius 1 is 1.17 bits per heavy atom. The molecular weight excluding hydrogens is 373 g/mol. The SMILES string of the molecule is Ic1cc2ncsc2cc1SCc1ccccc1. The Labute approximate surface area is 128 Å². The van der Waals surface area contributed by atoms with Crippen LogP contribution in [0.25, 0.3) is 10.2 Å². The molecule has 1 nitrogen and oxygen atoms in total. The standard InChI is InChI=1S/C14H10INS2/c15-11-6-12-14(18-9-16-12)7-13(11)17-8-10-4-2-1-3-5-10/h1-7,9H,8H2. The summed E-state index contributed by atoms with van der Waals surface area (Å²) in [6.07, 6.45) is 0. The van der Waals surface area contributed by atoms with Crippen LogP contribution in [-0.2, 0) is 5.75 Å². The molecule has 0 saturated carbocycles. The molecule has 0 radical (unpaired) electrons. The second-order valence-electron chi connectivity index (χ2n) is 3.88. The highest BCUT2D eigenvalue weighted by Crippen LogP contribution is 2.32. The van der Waals surface area contributed by atoms with E-state index in [-0.39, 0.29) is 0 Å². The second-order valence-corrected chi connectivity index (χ2v) is 6.94. The molecule has 0 saturated heterocycles. The van der Waals surface area contributed by atoms with Gasteiger partial charge in [0.05, 0.1) is 15.7 Å². The maximum atomic E-state index is 4.34. The van der Waals surface area contributed by atoms with E-state index in [9.17, 15) is 0 Å². The molecule has 18 heavy (non-hydrogen) atoms. The lowest BCUT2D eigenvalue weighted by molar-refractivity contribution is 1.37. The summed E-state index contributed by atoms with van der Waals surface area (Å²) in [5.74, 6) is 1.02. The minimum absolute atomic E-state index is 1.02. The first-order valence-electron chi connectivity index (χ1n) is 5.52. The van der Waals surface area contributed by atoms with Crippen molar-refractivity contribution in [2.45, 2.75) is 10.6 Å². The highest BCUT2D eigenvalue weighted by Gasteiger charge is 2.05. The number of benzene rings is 2. The molecule has 0 atom stereocenters. The summed E-state index contributed by atoms with van der Waals surface area (Å²) in [5, 5.41) is 0. The van der Waals surface area contributed by atoms with E-state index in [1.165, 1.54) is 18.7 Å². The van der Waals surface area contributed by atoms with Crippen LogP contribution in [0.3, 0.4) is 0 Å². The minimum atomic E-state index is 1.02. The fourth-order valence-corrected chi connectivity index (χ4v) is 4.31. The van der Waals surface area contributed by atoms with E-state index >= 15 is 0 Å². The Morgan fingerprint density at radius 2 is 2.00 bits per heavy atom. The number of nitrogens with zero attached hydrogens (tertiary/aromatic N) is 1. The fraction of sp³-hybridized carbons (Fsp3) is 0.0714. The van der Waals surface area contributed by atoms with Crippen molar-refractivity contribution in [1.29, 1.82) is 0 Å². The maximum absolute atomic E-state index is 4.34. The number of hydrogen-bond acceptors (Lipinski definition) is 3. The van der Waals surface area contributed by atoms with Crippen molar-refractivity contribution >= 4 is 55.9 Å². The molecule has 0 unspecified atom stereocenters. The van der Waals surface area contributed by atoms with Crippen LogP contribution in [0.15, 0.2) is 52.9 Å². The second kappa shape index (κ2) is 5.59. The van der Waals surface area contributed by atoms with Crippen molar-refractivity contribution < 1.29 is 0 Å². The van der Waals surface area contributed by atoms with E-state index in [0.29, 0.717) is 0 Å². The van der Waals surface area contributed by atoms with Crippen LogP contribution in [0.2, 0.25) is 0 Å². The third-order valence-electron chi connectivity index (χ3n) is 2.62. The van der Waals surface area contributed by atoms with Crippen molar-refractivity contribution in [3.63, 3.8) is 0 Å². The van der Waals surface area contributed by atoms with Gasteiger partial charge in [0, 0.05) is 14.2 Å². The van der Waals surface area contributed by atoms with Gasteiger partial charge in [-0.05, 0) is 40.3 Å². The van der Waals surface area contributed by atoms with Gasteiger partial charge in [-0.1, -0.05) is 30.3 Å². The Balaban J connectivity index is 1.84. The van der Waals surface area contributed by atoms with E-state index < -0.39 is 0 Å². The molecule has 90 valence electrons. The molecule has 1 heterocycles. The zero-order valence-corrected chi connectivity index (χ0v) is 13.3. The highest BCUT2D eigenvalue weighted by atomic mass is 127. The Morgan fingerprint density at radius 3 is 2.83 bits per heavy atom. The molecule has 0 fully saturated rings. The molecule has 4 heteroatoms. The van der Waals surface area contributed by atoms with Crippen LogP contribution >= 0.6 is 45.7 Å². The summed E-state index contributed by atoms with van der Waals surface area (Å²) < 4.78 is 2.55. The number of halogens is 1. The number of rotatable bonds is 3. The zero-order valence-electron chi connectivity index (χ0n) is 9.47. The van der Waals surface area contributed by atoms with Gasteiger partial charge in [-0.2, -0.15) is 0 Å². The lowest BCUT2D eigenvalue weighted by Crippen LogP contribution is -1.83. The highest BCUT2D eigenvalue weighted by molar-refractivity contribution is 14.1. The molecule has 1 aromatic heterocycles. The van der Waals surface area contributed by atoms with E-state index in [1.807, 2.05) is 17.3 Å². The first-order valence-corrected chi connectivity index (χ1v) is 8.47. The third kappa shape index (κ3) is 2.70. The van der Waals surface area contributed by atoms with Gasteiger partial charge < -0.3 is 0 Å². The predicted molar refractivity (Wildman–Crippen MR) is 88.3 cm³/mol. The number of fused-ring (bicyclic) bond motifs is 1. The van der Waals surface area contributed by atoms with E-state index in [0.717, 1.165) is 11.3 Å². The quantitative estimate of drug-likeness (QED) is 0.456. The van der Waals surface area contributed by atoms with Gasteiger partial charge in [-0.15, -0.1) is 23.1 Å². The van der Waals surface area contributed by atoms with Crippen LogP contribution in [-0.4, -0.2) is 4.98 Å². The average Bonchev–Trinajstić information content (AvgIpc) is 2.84. The lowest BCUT2D eigenvalue weighted by atomic mass is 10.2. The molecule has 0 bridgehead atoms. The molecule has 0 aliphatic heterocycles. The topological polar surface area (TPSA) is 12.9 Å². The molecule has 2 aromatic carbocycles. The fourth-order valence-electron chi connectivity index (χ4n) is 1.71. The molecule has 0 aliphatic rings. The summed E-state index contributed by atoms with van der Waals surface area (Å²) in [7, 11) is 0. The summed E-state index contributed by atoms with van der Waals surface area (Å²) in [6, 6.07) is 15.0. The van der Waals surface area contributed by atoms with Gasteiger partial charge in [0.2, 0.25) is 0 Å². The summed E-state index contributed by atoms with van der Waals surface area (Å²) in [5.41, 5.74) is 4.38. The monoisotopic (exact) mass is 383 g/mol. The van der Waals surface area contributed by atoms with Crippen LogP contribution in [0.4, 0.5) is 0 Å². The Hall–Kier alpha value is -0.590. The van der Waals surface area contributed by atoms with Crippen molar-refractivity contribution in [3.8, 4) is 0 Å². The molecule has 0 spiro atoms. The van der Waals surface area contributed by atoms with Crippen LogP contribution in [0.1, 0.15) is 5.56 Å². The third-order valence-corrected chi connectivity index (χ3v) is 5.80. The summed E-state index contributed by atoms with van der Waals surface area (Å²) in [6.45, 7) is 0. The lowest BCUT2D eigenvalue weighted by Gasteiger charge is -2.04. The largest absolute Gasteiger partial charge is 0.245 e. The van der Waals surface area contributed by atoms with Crippen molar-refractivity contribution in [1.82, 2.24) is 4.98 Å². The smallest absolute Gasteiger partial charge is 0.0823 e. The van der Waals surface area contributed by atoms with Crippen molar-refractivity contribution in [2.75, 3.05) is 0 Å². The first-order chi connectivity index (χ1) is 8.83. The molecule has 3 aromatic rings. The minimum Gasteiger partial charge on any atom is -0.245 e. The van der Waals surface area contributed by atoms with E-state index in [1.54, 1.807) is 11.3 Å². The Bertz CT molecular complexity index is 664. The molecule has 0 N–H and O–H groups in total. The Kier molecular flexibility index (Phi) is 3.86. The van der Waals surface area contributed by atoms with E-state index in [4.69, 9.17) is 0 Å². The average molecular weight is 383 g/mol. The summed E-state index contributed by atoms with van der Waals surface area (Å²) >= 11 is 5.99. The van der Waals surface area contributed by atoms with Gasteiger partial charge in [-0.25, -0.2) is 4.98 Å². The van der Waals surface area contributed by atoms with Crippen LogP contribution < -0.4 is 0 Å². The number of thiazole rings is 1. The number of aromatic nitrogens is 1. The number of hydrogen-bond donors (Lipinski definition) is 0. The summed E-state index contributed by atoms with van der Waals surface area (Å²) in [4.78, 5) is 5.69. The van der Waals surface area contributed by atoms with Crippen LogP contribution in [0, 0.1) is 3.57 Å². The molecular formula is C14H10INS2. The van der Waals surface area contributed by atoms with Crippen LogP contribution in [0.5, 0.6) is 0 Å². The first kappa shape index (κ1) is 12.4. The van der Waals surface area contributed by atoms with Gasteiger partial charge >= 0.3 is 0 Å². The number of thioether (sulfide) groups is 1. The van der Waals surface area contributed by atoms with Gasteiger partial charge in [0.15, 0.2) is 0 Å². The van der Waals surface area contributed by atoms with Gasteiger partial charge in [0.25, 0.3) is 0 Å². The molecule has 0 aliphatic carbocycles. The normalized spacial score (nSPS) is 10.9. The van der Waals surface area contributed by atoms with Gasteiger partial charge in [-0.3, -0.25) is 0 Å². The zero-order chi connectivity index (χ0) is 12.4. The van der Waals surface area contributed by atoms with Crippen molar-refractivity contribution in [2.24, 2.45) is 0 Å². The predicted octanol–water partition coefficient (Wildman–Crippen LogP) is 5.19. The van der Waals surface area contributed by atoms with Crippen molar-refractivity contribution in [3.05, 3.63) is 57.1 Å². The van der Waals surface area contributed by atoms with E-state index in [2.05, 4.69) is 70.0 Å². The molecule has 0 amide bonds.